The predicted octanol–water partition coefficient (Wildman–Crippen LogP) is 1.40. The Morgan fingerprint density at radius 3 is 1.92 bits per heavy atom. The second-order valence-electron chi connectivity index (χ2n) is 1.64. The Bertz CT molecular complexity index is 267. The third kappa shape index (κ3) is 4.00. The van der Waals surface area contributed by atoms with Gasteiger partial charge in [0.1, 0.15) is 5.03 Å². The molecule has 0 saturated heterocycles. The molecule has 0 radical (unpaired) electrons. The Hall–Kier alpha value is -1.00. The summed E-state index contributed by atoms with van der Waals surface area (Å²) in [7, 11) is 0. The summed E-state index contributed by atoms with van der Waals surface area (Å²) < 4.78 is 0. The SMILES string of the molecule is O=C(O)C=CC(Cl)=C(Cl)C(=O)O. The number of rotatable bonds is 3. The molecular formula is C6H4Cl2O4. The van der Waals surface area contributed by atoms with Gasteiger partial charge in [0, 0.05) is 6.08 Å². The molecule has 0 bridgehead atoms. The van der Waals surface area contributed by atoms with Crippen molar-refractivity contribution in [2.75, 3.05) is 0 Å². The van der Waals surface area contributed by atoms with E-state index in [1.165, 1.54) is 0 Å². The largest absolute Gasteiger partial charge is 0.478 e. The number of allylic oxidation sites excluding steroid dienone is 2. The van der Waals surface area contributed by atoms with Crippen LogP contribution in [-0.4, -0.2) is 22.2 Å². The minimum absolute atomic E-state index is 0.327. The summed E-state index contributed by atoms with van der Waals surface area (Å²) >= 11 is 10.4. The van der Waals surface area contributed by atoms with E-state index in [1.807, 2.05) is 0 Å². The van der Waals surface area contributed by atoms with Gasteiger partial charge in [-0.3, -0.25) is 0 Å². The smallest absolute Gasteiger partial charge is 0.348 e. The molecule has 0 amide bonds. The molecule has 0 saturated carbocycles. The summed E-state index contributed by atoms with van der Waals surface area (Å²) in [5.41, 5.74) is 0. The van der Waals surface area contributed by atoms with Crippen molar-refractivity contribution in [1.82, 2.24) is 0 Å². The van der Waals surface area contributed by atoms with Crippen molar-refractivity contribution in [2.24, 2.45) is 0 Å². The molecule has 0 aliphatic carbocycles. The molecule has 4 nitrogen and oxygen atoms in total. The van der Waals surface area contributed by atoms with Crippen LogP contribution < -0.4 is 0 Å². The van der Waals surface area contributed by atoms with Gasteiger partial charge < -0.3 is 10.2 Å². The lowest BCUT2D eigenvalue weighted by Gasteiger charge is -1.90. The molecule has 0 spiro atoms. The minimum atomic E-state index is -1.41. The number of hydrogen-bond donors (Lipinski definition) is 2. The quantitative estimate of drug-likeness (QED) is 0.546. The van der Waals surface area contributed by atoms with Gasteiger partial charge in [0.15, 0.2) is 0 Å². The number of carbonyl (C=O) groups is 2. The molecule has 0 aliphatic rings. The van der Waals surface area contributed by atoms with Crippen LogP contribution in [0.15, 0.2) is 22.2 Å². The summed E-state index contributed by atoms with van der Waals surface area (Å²) in [5, 5.41) is 15.4. The van der Waals surface area contributed by atoms with Crippen LogP contribution in [-0.2, 0) is 9.59 Å². The number of hydrogen-bond acceptors (Lipinski definition) is 2. The third-order valence-electron chi connectivity index (χ3n) is 0.770. The first kappa shape index (κ1) is 11.0. The lowest BCUT2D eigenvalue weighted by molar-refractivity contribution is -0.132. The van der Waals surface area contributed by atoms with Gasteiger partial charge in [-0.1, -0.05) is 23.2 Å². The van der Waals surface area contributed by atoms with Crippen molar-refractivity contribution in [3.05, 3.63) is 22.2 Å². The fourth-order valence-electron chi connectivity index (χ4n) is 0.320. The molecular weight excluding hydrogens is 207 g/mol. The monoisotopic (exact) mass is 210 g/mol. The third-order valence-corrected chi connectivity index (χ3v) is 1.55. The van der Waals surface area contributed by atoms with Crippen LogP contribution in [0, 0.1) is 0 Å². The average Bonchev–Trinajstić information content (AvgIpc) is 1.98. The molecule has 6 heteroatoms. The lowest BCUT2D eigenvalue weighted by Crippen LogP contribution is -1.95. The summed E-state index contributed by atoms with van der Waals surface area (Å²) in [6.07, 6.45) is 1.58. The highest BCUT2D eigenvalue weighted by Crippen LogP contribution is 2.14. The summed E-state index contributed by atoms with van der Waals surface area (Å²) in [4.78, 5) is 20.1. The van der Waals surface area contributed by atoms with Crippen LogP contribution in [0.2, 0.25) is 0 Å². The maximum Gasteiger partial charge on any atom is 0.348 e. The van der Waals surface area contributed by atoms with Gasteiger partial charge >= 0.3 is 11.9 Å². The Morgan fingerprint density at radius 1 is 1.08 bits per heavy atom. The molecule has 0 heterocycles. The summed E-state index contributed by atoms with van der Waals surface area (Å²) in [6.45, 7) is 0. The molecule has 0 fully saturated rings. The maximum atomic E-state index is 10.1. The molecule has 0 atom stereocenters. The van der Waals surface area contributed by atoms with Gasteiger partial charge in [0.05, 0.1) is 5.03 Å². The van der Waals surface area contributed by atoms with Crippen LogP contribution in [0.5, 0.6) is 0 Å². The first-order valence-corrected chi connectivity index (χ1v) is 3.40. The first-order chi connectivity index (χ1) is 5.45. The van der Waals surface area contributed by atoms with Gasteiger partial charge in [-0.15, -0.1) is 0 Å². The van der Waals surface area contributed by atoms with Crippen LogP contribution in [0.3, 0.4) is 0 Å². The predicted molar refractivity (Wildman–Crippen MR) is 43.1 cm³/mol. The first-order valence-electron chi connectivity index (χ1n) is 2.64. The Labute approximate surface area is 77.7 Å². The number of carboxylic acids is 2. The maximum absolute atomic E-state index is 10.1. The van der Waals surface area contributed by atoms with Crippen molar-refractivity contribution in [3.8, 4) is 0 Å². The van der Waals surface area contributed by atoms with E-state index in [0.717, 1.165) is 6.08 Å². The second-order valence-corrected chi connectivity index (χ2v) is 2.42. The molecule has 0 rings (SSSR count). The zero-order valence-electron chi connectivity index (χ0n) is 5.62. The van der Waals surface area contributed by atoms with E-state index < -0.39 is 17.0 Å². The second kappa shape index (κ2) is 4.79. The van der Waals surface area contributed by atoms with Crippen LogP contribution in [0.25, 0.3) is 0 Å². The number of carboxylic acid groups (broad SMARTS) is 2. The normalized spacial score (nSPS) is 12.8. The molecule has 66 valence electrons. The number of aliphatic carboxylic acids is 2. The van der Waals surface area contributed by atoms with E-state index in [4.69, 9.17) is 33.4 Å². The Morgan fingerprint density at radius 2 is 1.58 bits per heavy atom. The standard InChI is InChI=1S/C6H4Cl2O4/c7-3(1-2-4(9)10)5(8)6(11)12/h1-2H,(H,9,10)(H,11,12). The molecule has 0 unspecified atom stereocenters. The van der Waals surface area contributed by atoms with Crippen LogP contribution in [0.4, 0.5) is 0 Å². The average molecular weight is 211 g/mol. The fraction of sp³-hybridized carbons (Fsp3) is 0. The van der Waals surface area contributed by atoms with E-state index in [1.54, 1.807) is 0 Å². The van der Waals surface area contributed by atoms with E-state index in [2.05, 4.69) is 0 Å². The van der Waals surface area contributed by atoms with Crippen molar-refractivity contribution < 1.29 is 19.8 Å². The zero-order valence-corrected chi connectivity index (χ0v) is 7.13. The lowest BCUT2D eigenvalue weighted by atomic mass is 10.4. The highest BCUT2D eigenvalue weighted by Gasteiger charge is 2.07. The van der Waals surface area contributed by atoms with Gasteiger partial charge in [-0.05, 0) is 6.08 Å². The molecule has 0 aromatic heterocycles. The van der Waals surface area contributed by atoms with Gasteiger partial charge in [-0.2, -0.15) is 0 Å². The number of halogens is 2. The van der Waals surface area contributed by atoms with Crippen molar-refractivity contribution in [3.63, 3.8) is 0 Å². The van der Waals surface area contributed by atoms with Crippen LogP contribution >= 0.6 is 23.2 Å². The molecule has 0 aromatic rings. The molecule has 0 aliphatic heterocycles. The fourth-order valence-corrected chi connectivity index (χ4v) is 0.527. The van der Waals surface area contributed by atoms with E-state index >= 15 is 0 Å². The minimum Gasteiger partial charge on any atom is -0.478 e. The van der Waals surface area contributed by atoms with E-state index in [0.29, 0.717) is 6.08 Å². The highest BCUT2D eigenvalue weighted by molar-refractivity contribution is 6.47. The van der Waals surface area contributed by atoms with Crippen molar-refractivity contribution >= 4 is 35.1 Å². The van der Waals surface area contributed by atoms with Gasteiger partial charge in [0.25, 0.3) is 0 Å². The van der Waals surface area contributed by atoms with E-state index in [9.17, 15) is 9.59 Å². The topological polar surface area (TPSA) is 74.6 Å². The van der Waals surface area contributed by atoms with Crippen molar-refractivity contribution in [2.45, 2.75) is 0 Å². The van der Waals surface area contributed by atoms with Gasteiger partial charge in [-0.25, -0.2) is 9.59 Å². The van der Waals surface area contributed by atoms with Gasteiger partial charge in [0.2, 0.25) is 0 Å². The Balaban J connectivity index is 4.58. The summed E-state index contributed by atoms with van der Waals surface area (Å²) in [5.74, 6) is -2.64. The summed E-state index contributed by atoms with van der Waals surface area (Å²) in [6, 6.07) is 0. The Kier molecular flexibility index (Phi) is 4.39. The molecule has 2 N–H and O–H groups in total. The van der Waals surface area contributed by atoms with E-state index in [-0.39, 0.29) is 5.03 Å². The van der Waals surface area contributed by atoms with Crippen molar-refractivity contribution in [1.29, 1.82) is 0 Å². The zero-order chi connectivity index (χ0) is 9.72. The molecule has 0 aromatic carbocycles. The molecule has 12 heavy (non-hydrogen) atoms. The van der Waals surface area contributed by atoms with Crippen LogP contribution in [0.1, 0.15) is 0 Å². The highest BCUT2D eigenvalue weighted by atomic mass is 35.5.